The zero-order valence-electron chi connectivity index (χ0n) is 9.75. The highest BCUT2D eigenvalue weighted by Gasteiger charge is 2.20. The number of benzene rings is 1. The fraction of sp³-hybridized carbons (Fsp3) is 0.286. The molecule has 0 fully saturated rings. The lowest BCUT2D eigenvalue weighted by atomic mass is 10.1. The highest BCUT2D eigenvalue weighted by Crippen LogP contribution is 2.26. The van der Waals surface area contributed by atoms with Crippen molar-refractivity contribution in [2.75, 3.05) is 0 Å². The number of nitrogens with one attached hydrogen (secondary N) is 1. The predicted molar refractivity (Wildman–Crippen MR) is 81.5 cm³/mol. The molecule has 1 unspecified atom stereocenters. The van der Waals surface area contributed by atoms with Crippen molar-refractivity contribution in [3.63, 3.8) is 0 Å². The normalized spacial score (nSPS) is 18.0. The van der Waals surface area contributed by atoms with Crippen LogP contribution in [-0.2, 0) is 19.4 Å². The second kappa shape index (κ2) is 5.33. The van der Waals surface area contributed by atoms with Gasteiger partial charge >= 0.3 is 0 Å². The number of rotatable bonds is 3. The minimum Gasteiger partial charge on any atom is -0.308 e. The van der Waals surface area contributed by atoms with Gasteiger partial charge in [0.25, 0.3) is 0 Å². The summed E-state index contributed by atoms with van der Waals surface area (Å²) in [5.41, 5.74) is 2.83. The fourth-order valence-electron chi connectivity index (χ4n) is 2.42. The predicted octanol–water partition coefficient (Wildman–Crippen LogP) is 4.42. The molecule has 0 saturated carbocycles. The van der Waals surface area contributed by atoms with Gasteiger partial charge in [0, 0.05) is 22.5 Å². The lowest BCUT2D eigenvalue weighted by Crippen LogP contribution is -2.28. The summed E-state index contributed by atoms with van der Waals surface area (Å²) < 4.78 is 1.20. The second-order valence-corrected chi connectivity index (χ2v) is 7.59. The molecule has 1 aromatic heterocycles. The summed E-state index contributed by atoms with van der Waals surface area (Å²) in [7, 11) is 0. The van der Waals surface area contributed by atoms with E-state index in [0.717, 1.165) is 24.4 Å². The summed E-state index contributed by atoms with van der Waals surface area (Å²) in [6.07, 6.45) is 2.20. The van der Waals surface area contributed by atoms with Crippen molar-refractivity contribution >= 4 is 38.9 Å². The molecular formula is C14H13BrClNS. The van der Waals surface area contributed by atoms with Crippen LogP contribution in [0.2, 0.25) is 5.02 Å². The van der Waals surface area contributed by atoms with E-state index in [1.54, 1.807) is 11.3 Å². The van der Waals surface area contributed by atoms with Crippen LogP contribution in [0.15, 0.2) is 34.1 Å². The third kappa shape index (κ3) is 2.80. The van der Waals surface area contributed by atoms with Crippen LogP contribution in [-0.4, -0.2) is 6.04 Å². The van der Waals surface area contributed by atoms with Crippen LogP contribution in [0.25, 0.3) is 0 Å². The van der Waals surface area contributed by atoms with Crippen LogP contribution in [0.5, 0.6) is 0 Å². The zero-order valence-corrected chi connectivity index (χ0v) is 12.9. The molecule has 4 heteroatoms. The Labute approximate surface area is 124 Å². The van der Waals surface area contributed by atoms with E-state index < -0.39 is 0 Å². The van der Waals surface area contributed by atoms with Gasteiger partial charge in [-0.15, -0.1) is 11.3 Å². The molecule has 0 aliphatic heterocycles. The molecule has 0 saturated heterocycles. The Hall–Kier alpha value is -0.350. The smallest absolute Gasteiger partial charge is 0.0701 e. The Bertz CT molecular complexity index is 567. The van der Waals surface area contributed by atoms with Gasteiger partial charge < -0.3 is 5.32 Å². The van der Waals surface area contributed by atoms with Crippen molar-refractivity contribution in [2.45, 2.75) is 25.4 Å². The van der Waals surface area contributed by atoms with Gasteiger partial charge in [0.05, 0.1) is 3.79 Å². The molecule has 94 valence electrons. The van der Waals surface area contributed by atoms with Crippen molar-refractivity contribution in [3.8, 4) is 0 Å². The summed E-state index contributed by atoms with van der Waals surface area (Å²) >= 11 is 11.3. The molecule has 1 heterocycles. The van der Waals surface area contributed by atoms with Crippen LogP contribution in [0.4, 0.5) is 0 Å². The summed E-state index contributed by atoms with van der Waals surface area (Å²) in [6.45, 7) is 0.947. The van der Waals surface area contributed by atoms with Gasteiger partial charge in [0.15, 0.2) is 0 Å². The molecule has 0 spiro atoms. The van der Waals surface area contributed by atoms with Crippen LogP contribution in [0, 0.1) is 0 Å². The second-order valence-electron chi connectivity index (χ2n) is 4.60. The van der Waals surface area contributed by atoms with E-state index in [1.165, 1.54) is 19.8 Å². The van der Waals surface area contributed by atoms with Crippen molar-refractivity contribution in [3.05, 3.63) is 55.1 Å². The first-order valence-electron chi connectivity index (χ1n) is 5.95. The molecule has 1 N–H and O–H groups in total. The molecule has 1 aromatic carbocycles. The summed E-state index contributed by atoms with van der Waals surface area (Å²) in [5.74, 6) is 0. The van der Waals surface area contributed by atoms with Gasteiger partial charge in [-0.05, 0) is 64.2 Å². The van der Waals surface area contributed by atoms with E-state index in [9.17, 15) is 0 Å². The van der Waals surface area contributed by atoms with Gasteiger partial charge in [0.2, 0.25) is 0 Å². The van der Waals surface area contributed by atoms with Gasteiger partial charge in [0.1, 0.15) is 0 Å². The van der Waals surface area contributed by atoms with Crippen LogP contribution in [0.1, 0.15) is 16.0 Å². The first-order chi connectivity index (χ1) is 8.70. The number of fused-ring (bicyclic) bond motifs is 1. The van der Waals surface area contributed by atoms with E-state index in [4.69, 9.17) is 11.6 Å². The molecule has 18 heavy (non-hydrogen) atoms. The quantitative estimate of drug-likeness (QED) is 0.870. The van der Waals surface area contributed by atoms with E-state index >= 15 is 0 Å². The Morgan fingerprint density at radius 1 is 1.22 bits per heavy atom. The van der Waals surface area contributed by atoms with E-state index in [-0.39, 0.29) is 0 Å². The molecule has 2 aromatic rings. The molecule has 1 aliphatic carbocycles. The van der Waals surface area contributed by atoms with Crippen molar-refractivity contribution in [1.82, 2.24) is 5.32 Å². The molecule has 1 nitrogen and oxygen atoms in total. The largest absolute Gasteiger partial charge is 0.308 e. The van der Waals surface area contributed by atoms with Crippen LogP contribution >= 0.6 is 38.9 Å². The molecule has 0 radical (unpaired) electrons. The third-order valence-electron chi connectivity index (χ3n) is 3.29. The minimum atomic E-state index is 0.541. The lowest BCUT2D eigenvalue weighted by molar-refractivity contribution is 0.536. The fourth-order valence-corrected chi connectivity index (χ4v) is 4.05. The van der Waals surface area contributed by atoms with Gasteiger partial charge in [-0.1, -0.05) is 17.7 Å². The Morgan fingerprint density at radius 3 is 2.83 bits per heavy atom. The molecular weight excluding hydrogens is 330 g/mol. The van der Waals surface area contributed by atoms with Crippen molar-refractivity contribution in [2.24, 2.45) is 0 Å². The topological polar surface area (TPSA) is 12.0 Å². The van der Waals surface area contributed by atoms with E-state index in [1.807, 2.05) is 6.07 Å². The highest BCUT2D eigenvalue weighted by atomic mass is 79.9. The Morgan fingerprint density at radius 2 is 2.06 bits per heavy atom. The SMILES string of the molecule is Clc1ccc2c(c1)CC(NCc1ccc(Br)s1)C2. The number of hydrogen-bond acceptors (Lipinski definition) is 2. The molecule has 0 bridgehead atoms. The van der Waals surface area contributed by atoms with Gasteiger partial charge in [-0.3, -0.25) is 0 Å². The lowest BCUT2D eigenvalue weighted by Gasteiger charge is -2.10. The minimum absolute atomic E-state index is 0.541. The maximum absolute atomic E-state index is 6.02. The average Bonchev–Trinajstić information content (AvgIpc) is 2.92. The maximum atomic E-state index is 6.02. The van der Waals surface area contributed by atoms with E-state index in [2.05, 4.69) is 45.5 Å². The van der Waals surface area contributed by atoms with Crippen LogP contribution < -0.4 is 5.32 Å². The molecule has 3 rings (SSSR count). The van der Waals surface area contributed by atoms with Gasteiger partial charge in [-0.25, -0.2) is 0 Å². The number of halogens is 2. The highest BCUT2D eigenvalue weighted by molar-refractivity contribution is 9.11. The average molecular weight is 343 g/mol. The number of hydrogen-bond donors (Lipinski definition) is 1. The molecule has 1 aliphatic rings. The Kier molecular flexibility index (Phi) is 3.76. The third-order valence-corrected chi connectivity index (χ3v) is 5.15. The summed E-state index contributed by atoms with van der Waals surface area (Å²) in [6, 6.07) is 11.0. The first-order valence-corrected chi connectivity index (χ1v) is 7.94. The monoisotopic (exact) mass is 341 g/mol. The van der Waals surface area contributed by atoms with Crippen LogP contribution in [0.3, 0.4) is 0 Å². The first kappa shape index (κ1) is 12.7. The van der Waals surface area contributed by atoms with E-state index in [0.29, 0.717) is 6.04 Å². The van der Waals surface area contributed by atoms with Crippen molar-refractivity contribution < 1.29 is 0 Å². The van der Waals surface area contributed by atoms with Crippen molar-refractivity contribution in [1.29, 1.82) is 0 Å². The van der Waals surface area contributed by atoms with Gasteiger partial charge in [-0.2, -0.15) is 0 Å². The molecule has 0 amide bonds. The summed E-state index contributed by atoms with van der Waals surface area (Å²) in [4.78, 5) is 1.37. The number of thiophene rings is 1. The summed E-state index contributed by atoms with van der Waals surface area (Å²) in [5, 5.41) is 4.47. The standard InChI is InChI=1S/C14H13BrClNS/c15-14-4-3-13(18-14)8-17-12-6-9-1-2-11(16)5-10(9)7-12/h1-5,12,17H,6-8H2. The maximum Gasteiger partial charge on any atom is 0.0701 e. The zero-order chi connectivity index (χ0) is 12.5. The molecule has 1 atom stereocenters. The Balaban J connectivity index is 1.61.